The van der Waals surface area contributed by atoms with Crippen LogP contribution in [0.1, 0.15) is 19.5 Å². The molecule has 0 radical (unpaired) electrons. The van der Waals surface area contributed by atoms with Crippen LogP contribution >= 0.6 is 11.6 Å². The van der Waals surface area contributed by atoms with Gasteiger partial charge in [0.1, 0.15) is 11.3 Å². The number of aromatic nitrogens is 5. The highest BCUT2D eigenvalue weighted by atomic mass is 35.5. The Kier molecular flexibility index (Phi) is 7.09. The van der Waals surface area contributed by atoms with Gasteiger partial charge in [0, 0.05) is 29.5 Å². The first-order valence-corrected chi connectivity index (χ1v) is 14.7. The van der Waals surface area contributed by atoms with E-state index in [1.807, 2.05) is 12.1 Å². The first-order chi connectivity index (χ1) is 19.2. The predicted molar refractivity (Wildman–Crippen MR) is 153 cm³/mol. The van der Waals surface area contributed by atoms with Gasteiger partial charge in [-0.3, -0.25) is 4.68 Å². The molecule has 0 aliphatic carbocycles. The number of hydrogen-bond donors (Lipinski definition) is 1. The van der Waals surface area contributed by atoms with Gasteiger partial charge < -0.3 is 5.11 Å². The van der Waals surface area contributed by atoms with Crippen LogP contribution in [0.15, 0.2) is 83.9 Å². The molecule has 0 saturated carbocycles. The van der Waals surface area contributed by atoms with Crippen molar-refractivity contribution in [3.05, 3.63) is 89.7 Å². The molecule has 0 unspecified atom stereocenters. The molecule has 0 atom stereocenters. The summed E-state index contributed by atoms with van der Waals surface area (Å²) in [5.74, 6) is -3.63. The number of aryl methyl sites for hydroxylation is 1. The number of nitrogens with zero attached hydrogens (tertiary/aromatic N) is 5. The summed E-state index contributed by atoms with van der Waals surface area (Å²) in [6, 6.07) is 20.1. The topological polar surface area (TPSA) is 103 Å². The van der Waals surface area contributed by atoms with Gasteiger partial charge in [-0.15, -0.1) is 5.10 Å². The fourth-order valence-corrected chi connectivity index (χ4v) is 5.22. The number of sulfone groups is 1. The standard InChI is InChI=1S/C29H26ClF2N5O3S/c1-28(2,38)29(31,32)27-16-24(36(3)34-27)23-13-10-20(19-6-5-7-22(14-19)41(4,39)40)15-25(23)37-26(17-33-35-37)18-8-11-21(30)12-9-18/h5-17,38H,1-4H3. The van der Waals surface area contributed by atoms with Crippen molar-refractivity contribution in [1.82, 2.24) is 24.8 Å². The molecule has 0 fully saturated rings. The van der Waals surface area contributed by atoms with E-state index in [0.717, 1.165) is 25.7 Å². The van der Waals surface area contributed by atoms with Crippen LogP contribution in [0.2, 0.25) is 5.02 Å². The molecule has 8 nitrogen and oxygen atoms in total. The van der Waals surface area contributed by atoms with Gasteiger partial charge in [0.2, 0.25) is 0 Å². The number of aliphatic hydroxyl groups is 1. The molecule has 1 N–H and O–H groups in total. The highest BCUT2D eigenvalue weighted by molar-refractivity contribution is 7.90. The minimum atomic E-state index is -3.63. The zero-order valence-corrected chi connectivity index (χ0v) is 24.1. The lowest BCUT2D eigenvalue weighted by molar-refractivity contribution is -0.171. The van der Waals surface area contributed by atoms with E-state index in [-0.39, 0.29) is 4.90 Å². The summed E-state index contributed by atoms with van der Waals surface area (Å²) in [4.78, 5) is 0.161. The molecule has 0 bridgehead atoms. The Morgan fingerprint density at radius 1 is 0.902 bits per heavy atom. The van der Waals surface area contributed by atoms with Crippen molar-refractivity contribution in [2.24, 2.45) is 7.05 Å². The molecule has 5 aromatic rings. The van der Waals surface area contributed by atoms with Gasteiger partial charge in [0.25, 0.3) is 0 Å². The van der Waals surface area contributed by atoms with Gasteiger partial charge in [0.05, 0.1) is 28.2 Å². The van der Waals surface area contributed by atoms with E-state index in [4.69, 9.17) is 11.6 Å². The van der Waals surface area contributed by atoms with Crippen molar-refractivity contribution >= 4 is 21.4 Å². The van der Waals surface area contributed by atoms with Gasteiger partial charge in [-0.25, -0.2) is 13.1 Å². The smallest absolute Gasteiger partial charge is 0.318 e. The molecular weight excluding hydrogens is 572 g/mol. The number of rotatable bonds is 7. The molecule has 5 rings (SSSR count). The van der Waals surface area contributed by atoms with Gasteiger partial charge >= 0.3 is 5.92 Å². The van der Waals surface area contributed by atoms with E-state index in [0.29, 0.717) is 38.8 Å². The van der Waals surface area contributed by atoms with Crippen LogP contribution in [0.5, 0.6) is 0 Å². The average molecular weight is 598 g/mol. The molecule has 0 amide bonds. The zero-order valence-electron chi connectivity index (χ0n) is 22.5. The first-order valence-electron chi connectivity index (χ1n) is 12.4. The minimum Gasteiger partial charge on any atom is -0.384 e. The third kappa shape index (κ3) is 5.40. The van der Waals surface area contributed by atoms with E-state index < -0.39 is 27.1 Å². The number of alkyl halides is 2. The lowest BCUT2D eigenvalue weighted by atomic mass is 9.96. The Morgan fingerprint density at radius 2 is 1.56 bits per heavy atom. The van der Waals surface area contributed by atoms with Crippen molar-refractivity contribution in [2.45, 2.75) is 30.3 Å². The van der Waals surface area contributed by atoms with E-state index in [1.165, 1.54) is 23.9 Å². The number of benzene rings is 3. The summed E-state index contributed by atoms with van der Waals surface area (Å²) < 4.78 is 57.4. The second kappa shape index (κ2) is 10.2. The van der Waals surface area contributed by atoms with E-state index in [2.05, 4.69) is 15.4 Å². The molecule has 0 spiro atoms. The third-order valence-electron chi connectivity index (χ3n) is 6.76. The Morgan fingerprint density at radius 3 is 2.22 bits per heavy atom. The average Bonchev–Trinajstić information content (AvgIpc) is 3.55. The normalized spacial score (nSPS) is 12.6. The van der Waals surface area contributed by atoms with Crippen molar-refractivity contribution in [3.63, 3.8) is 0 Å². The maximum Gasteiger partial charge on any atom is 0.318 e. The Balaban J connectivity index is 1.74. The monoisotopic (exact) mass is 597 g/mol. The minimum absolute atomic E-state index is 0.161. The van der Waals surface area contributed by atoms with E-state index in [9.17, 15) is 13.5 Å². The second-order valence-corrected chi connectivity index (χ2v) is 12.7. The van der Waals surface area contributed by atoms with Crippen LogP contribution < -0.4 is 0 Å². The Labute approximate surface area is 240 Å². The van der Waals surface area contributed by atoms with Crippen LogP contribution in [0, 0.1) is 0 Å². The predicted octanol–water partition coefficient (Wildman–Crippen LogP) is 5.92. The first kappa shape index (κ1) is 28.6. The van der Waals surface area contributed by atoms with Crippen molar-refractivity contribution in [3.8, 4) is 39.3 Å². The molecule has 12 heteroatoms. The largest absolute Gasteiger partial charge is 0.384 e. The molecule has 41 heavy (non-hydrogen) atoms. The van der Waals surface area contributed by atoms with Crippen molar-refractivity contribution in [2.75, 3.05) is 6.26 Å². The number of hydrogen-bond acceptors (Lipinski definition) is 6. The van der Waals surface area contributed by atoms with Crippen LogP contribution in [0.25, 0.3) is 39.3 Å². The van der Waals surface area contributed by atoms with Gasteiger partial charge in [-0.2, -0.15) is 13.9 Å². The van der Waals surface area contributed by atoms with Crippen molar-refractivity contribution in [1.29, 1.82) is 0 Å². The summed E-state index contributed by atoms with van der Waals surface area (Å²) in [6.07, 6.45) is 2.71. The quantitative estimate of drug-likeness (QED) is 0.250. The molecule has 2 heterocycles. The lowest BCUT2D eigenvalue weighted by Gasteiger charge is -2.27. The Bertz CT molecular complexity index is 1860. The molecular formula is C29H26ClF2N5O3S. The van der Waals surface area contributed by atoms with Gasteiger partial charge in [-0.1, -0.05) is 53.2 Å². The maximum atomic E-state index is 15.1. The highest BCUT2D eigenvalue weighted by Crippen LogP contribution is 2.41. The van der Waals surface area contributed by atoms with E-state index >= 15 is 8.78 Å². The molecule has 0 aliphatic heterocycles. The second-order valence-electron chi connectivity index (χ2n) is 10.2. The molecule has 2 aromatic heterocycles. The summed E-state index contributed by atoms with van der Waals surface area (Å²) in [6.45, 7) is 2.06. The summed E-state index contributed by atoms with van der Waals surface area (Å²) in [7, 11) is -1.92. The molecule has 0 aliphatic rings. The SMILES string of the molecule is Cn1nc(C(F)(F)C(C)(C)O)cc1-c1ccc(-c2cccc(S(C)(=O)=O)c2)cc1-n1nncc1-c1ccc(Cl)cc1. The lowest BCUT2D eigenvalue weighted by Crippen LogP contribution is -2.40. The summed E-state index contributed by atoms with van der Waals surface area (Å²) in [5.41, 5.74) is 1.05. The van der Waals surface area contributed by atoms with Crippen molar-refractivity contribution < 1.29 is 22.3 Å². The summed E-state index contributed by atoms with van der Waals surface area (Å²) in [5, 5.41) is 23.1. The van der Waals surface area contributed by atoms with E-state index in [1.54, 1.807) is 59.4 Å². The fraction of sp³-hybridized carbons (Fsp3) is 0.207. The Hall–Kier alpha value is -3.93. The maximum absolute atomic E-state index is 15.1. The van der Waals surface area contributed by atoms with Crippen LogP contribution in [-0.2, 0) is 22.8 Å². The summed E-state index contributed by atoms with van der Waals surface area (Å²) >= 11 is 6.09. The van der Waals surface area contributed by atoms with Gasteiger partial charge in [-0.05, 0) is 61.4 Å². The molecule has 3 aromatic carbocycles. The molecule has 212 valence electrons. The zero-order chi connectivity index (χ0) is 29.7. The number of halogens is 3. The van der Waals surface area contributed by atoms with Crippen LogP contribution in [-0.4, -0.2) is 50.2 Å². The fourth-order valence-electron chi connectivity index (χ4n) is 4.43. The van der Waals surface area contributed by atoms with Crippen LogP contribution in [0.3, 0.4) is 0 Å². The van der Waals surface area contributed by atoms with Gasteiger partial charge in [0.15, 0.2) is 9.84 Å². The third-order valence-corrected chi connectivity index (χ3v) is 8.12. The van der Waals surface area contributed by atoms with Crippen LogP contribution in [0.4, 0.5) is 8.78 Å². The highest BCUT2D eigenvalue weighted by Gasteiger charge is 2.49. The molecule has 0 saturated heterocycles.